The Labute approximate surface area is 187 Å². The largest absolute Gasteiger partial charge is 0.481 e. The van der Waals surface area contributed by atoms with Crippen molar-refractivity contribution in [1.82, 2.24) is 0 Å². The first kappa shape index (κ1) is 18.9. The Hall–Kier alpha value is -3.78. The molecule has 1 aromatic heterocycles. The van der Waals surface area contributed by atoms with Crippen molar-refractivity contribution in [2.24, 2.45) is 0 Å². The second-order valence-corrected chi connectivity index (χ2v) is 8.59. The molecule has 2 heteroatoms. The minimum atomic E-state index is -0.0321. The van der Waals surface area contributed by atoms with Crippen molar-refractivity contribution in [2.45, 2.75) is 25.7 Å². The highest BCUT2D eigenvalue weighted by atomic mass is 16.5. The van der Waals surface area contributed by atoms with Crippen LogP contribution in [0.3, 0.4) is 0 Å². The molecule has 0 bridgehead atoms. The van der Waals surface area contributed by atoms with Gasteiger partial charge in [-0.2, -0.15) is 0 Å². The lowest BCUT2D eigenvalue weighted by Gasteiger charge is -2.25. The Balaban J connectivity index is 0.000000126. The number of aromatic hydroxyl groups is 1. The normalized spacial score (nSPS) is 14.9. The zero-order valence-electron chi connectivity index (χ0n) is 17.8. The van der Waals surface area contributed by atoms with E-state index in [0.29, 0.717) is 0 Å². The summed E-state index contributed by atoms with van der Waals surface area (Å²) in [4.78, 5) is 0. The highest BCUT2D eigenvalue weighted by Gasteiger charge is 2.20. The average Bonchev–Trinajstić information content (AvgIpc) is 3.21. The third kappa shape index (κ3) is 3.29. The number of allylic oxidation sites excluding steroid dienone is 4. The summed E-state index contributed by atoms with van der Waals surface area (Å²) in [5.41, 5.74) is 6.93. The molecule has 4 aromatic carbocycles. The van der Waals surface area contributed by atoms with E-state index in [0.717, 1.165) is 21.7 Å². The molecule has 1 N–H and O–H groups in total. The molecule has 7 rings (SSSR count). The van der Waals surface area contributed by atoms with Crippen LogP contribution < -0.4 is 0 Å². The number of aryl methyl sites for hydroxylation is 1. The summed E-state index contributed by atoms with van der Waals surface area (Å²) in [6.07, 6.45) is 9.61. The van der Waals surface area contributed by atoms with Gasteiger partial charge in [-0.05, 0) is 76.1 Å². The predicted octanol–water partition coefficient (Wildman–Crippen LogP) is 8.18. The lowest BCUT2D eigenvalue weighted by atomic mass is 9.80. The van der Waals surface area contributed by atoms with Gasteiger partial charge in [-0.15, -0.1) is 0 Å². The third-order valence-corrected chi connectivity index (χ3v) is 6.66. The molecule has 0 spiro atoms. The molecule has 0 amide bonds. The molecule has 156 valence electrons. The van der Waals surface area contributed by atoms with Crippen LogP contribution in [0, 0.1) is 0 Å². The maximum absolute atomic E-state index is 9.20. The van der Waals surface area contributed by atoms with Gasteiger partial charge in [-0.1, -0.05) is 78.4 Å². The number of benzene rings is 4. The fourth-order valence-electron chi connectivity index (χ4n) is 5.10. The summed E-state index contributed by atoms with van der Waals surface area (Å²) in [5, 5.41) is 15.2. The lowest BCUT2D eigenvalue weighted by Crippen LogP contribution is -2.06. The molecule has 0 radical (unpaired) electrons. The van der Waals surface area contributed by atoms with Crippen molar-refractivity contribution in [3.8, 4) is 5.95 Å². The SMILES string of the molecule is C1=CC2=C(CC1)CCc1c2ccc2ccccc12.Oc1cc2cc3ccccc3cc2o1. The van der Waals surface area contributed by atoms with E-state index in [2.05, 4.69) is 48.6 Å². The van der Waals surface area contributed by atoms with Gasteiger partial charge in [-0.3, -0.25) is 0 Å². The number of fused-ring (bicyclic) bond motifs is 6. The van der Waals surface area contributed by atoms with E-state index in [4.69, 9.17) is 4.42 Å². The van der Waals surface area contributed by atoms with E-state index in [-0.39, 0.29) is 5.95 Å². The van der Waals surface area contributed by atoms with Gasteiger partial charge in [0.2, 0.25) is 0 Å². The lowest BCUT2D eigenvalue weighted by molar-refractivity contribution is 0.346. The van der Waals surface area contributed by atoms with Gasteiger partial charge in [0, 0.05) is 11.5 Å². The van der Waals surface area contributed by atoms with Crippen LogP contribution in [0.5, 0.6) is 5.95 Å². The molecule has 0 fully saturated rings. The molecule has 32 heavy (non-hydrogen) atoms. The maximum atomic E-state index is 9.20. The van der Waals surface area contributed by atoms with Gasteiger partial charge in [-0.25, -0.2) is 0 Å². The van der Waals surface area contributed by atoms with Crippen LogP contribution in [0.15, 0.2) is 101 Å². The molecule has 5 aromatic rings. The van der Waals surface area contributed by atoms with Crippen LogP contribution in [0.25, 0.3) is 38.1 Å². The van der Waals surface area contributed by atoms with E-state index in [1.54, 1.807) is 17.2 Å². The van der Waals surface area contributed by atoms with Gasteiger partial charge in [0.25, 0.3) is 5.95 Å². The summed E-state index contributed by atoms with van der Waals surface area (Å²) in [6, 6.07) is 27.0. The zero-order chi connectivity index (χ0) is 21.5. The van der Waals surface area contributed by atoms with E-state index in [1.165, 1.54) is 47.6 Å². The standard InChI is InChI=1S/C18H16.C12H8O2/c1-3-7-15-13(5-1)9-11-18-16-8-4-2-6-14(16)10-12-17(15)18;13-12-7-10-5-8-3-1-2-4-9(8)6-11(10)14-12/h1,3-5,7-9,11H,2,6,10,12H2;1-7,13H. The Bertz CT molecular complexity index is 1480. The first-order valence-corrected chi connectivity index (χ1v) is 11.3. The molecule has 0 aliphatic heterocycles. The van der Waals surface area contributed by atoms with E-state index in [9.17, 15) is 5.11 Å². The van der Waals surface area contributed by atoms with Crippen LogP contribution in [-0.4, -0.2) is 5.11 Å². The van der Waals surface area contributed by atoms with Gasteiger partial charge in [0.15, 0.2) is 0 Å². The van der Waals surface area contributed by atoms with Crippen molar-refractivity contribution in [3.63, 3.8) is 0 Å². The molecule has 0 saturated carbocycles. The fraction of sp³-hybridized carbons (Fsp3) is 0.133. The van der Waals surface area contributed by atoms with Crippen LogP contribution in [0.4, 0.5) is 0 Å². The molecule has 0 saturated heterocycles. The molecule has 2 aliphatic carbocycles. The van der Waals surface area contributed by atoms with Crippen molar-refractivity contribution in [1.29, 1.82) is 0 Å². The highest BCUT2D eigenvalue weighted by molar-refractivity contribution is 5.96. The number of rotatable bonds is 0. The quantitative estimate of drug-likeness (QED) is 0.276. The van der Waals surface area contributed by atoms with Crippen molar-refractivity contribution in [3.05, 3.63) is 108 Å². The number of hydrogen-bond donors (Lipinski definition) is 1. The van der Waals surface area contributed by atoms with Crippen LogP contribution >= 0.6 is 0 Å². The maximum Gasteiger partial charge on any atom is 0.282 e. The summed E-state index contributed by atoms with van der Waals surface area (Å²) in [5.74, 6) is -0.0321. The molecular formula is C30H24O2. The van der Waals surface area contributed by atoms with Crippen LogP contribution in [0.2, 0.25) is 0 Å². The summed E-state index contributed by atoms with van der Waals surface area (Å²) >= 11 is 0. The van der Waals surface area contributed by atoms with Crippen LogP contribution in [0.1, 0.15) is 30.4 Å². The first-order valence-electron chi connectivity index (χ1n) is 11.3. The Kier molecular flexibility index (Phi) is 4.57. The topological polar surface area (TPSA) is 33.4 Å². The second-order valence-electron chi connectivity index (χ2n) is 8.59. The van der Waals surface area contributed by atoms with E-state index in [1.807, 2.05) is 36.4 Å². The van der Waals surface area contributed by atoms with Crippen LogP contribution in [-0.2, 0) is 6.42 Å². The number of hydrogen-bond acceptors (Lipinski definition) is 2. The van der Waals surface area contributed by atoms with Gasteiger partial charge >= 0.3 is 0 Å². The molecule has 2 nitrogen and oxygen atoms in total. The Morgan fingerprint density at radius 3 is 2.34 bits per heavy atom. The Morgan fingerprint density at radius 2 is 1.47 bits per heavy atom. The molecule has 0 unspecified atom stereocenters. The fourth-order valence-corrected chi connectivity index (χ4v) is 5.10. The predicted molar refractivity (Wildman–Crippen MR) is 133 cm³/mol. The summed E-state index contributed by atoms with van der Waals surface area (Å²) in [7, 11) is 0. The monoisotopic (exact) mass is 416 g/mol. The second kappa shape index (κ2) is 7.72. The summed E-state index contributed by atoms with van der Waals surface area (Å²) < 4.78 is 5.13. The first-order chi connectivity index (χ1) is 15.8. The van der Waals surface area contributed by atoms with Gasteiger partial charge in [0.05, 0.1) is 0 Å². The van der Waals surface area contributed by atoms with Crippen molar-refractivity contribution in [2.75, 3.05) is 0 Å². The highest BCUT2D eigenvalue weighted by Crippen LogP contribution is 2.39. The minimum absolute atomic E-state index is 0.0321. The zero-order valence-corrected chi connectivity index (χ0v) is 17.8. The van der Waals surface area contributed by atoms with E-state index >= 15 is 0 Å². The Morgan fingerprint density at radius 1 is 0.688 bits per heavy atom. The molecule has 2 aliphatic rings. The minimum Gasteiger partial charge on any atom is -0.481 e. The van der Waals surface area contributed by atoms with Gasteiger partial charge in [0.1, 0.15) is 5.58 Å². The molecular weight excluding hydrogens is 392 g/mol. The van der Waals surface area contributed by atoms with E-state index < -0.39 is 0 Å². The van der Waals surface area contributed by atoms with Gasteiger partial charge < -0.3 is 9.52 Å². The third-order valence-electron chi connectivity index (χ3n) is 6.66. The smallest absolute Gasteiger partial charge is 0.282 e. The number of furan rings is 1. The van der Waals surface area contributed by atoms with Crippen molar-refractivity contribution < 1.29 is 9.52 Å². The van der Waals surface area contributed by atoms with Crippen molar-refractivity contribution >= 4 is 38.1 Å². The summed E-state index contributed by atoms with van der Waals surface area (Å²) in [6.45, 7) is 0. The molecule has 1 heterocycles. The molecule has 0 atom stereocenters. The average molecular weight is 417 g/mol.